The lowest BCUT2D eigenvalue weighted by Crippen LogP contribution is -2.29. The minimum atomic E-state index is -0.466. The minimum absolute atomic E-state index is 0.0814. The van der Waals surface area contributed by atoms with Crippen molar-refractivity contribution in [3.8, 4) is 34.3 Å². The molecule has 3 heterocycles. The van der Waals surface area contributed by atoms with E-state index in [1.54, 1.807) is 47.4 Å². The SMILES string of the molecule is O=C1c2[nH]nc(-c3ccccc3O)c2C(c2ccc(O)cc2)N1Cc1ccc2c(c1)OCO2. The number of nitrogens with zero attached hydrogens (tertiary/aromatic N) is 2. The molecule has 8 heteroatoms. The number of carbonyl (C=O) groups is 1. The molecule has 4 aromatic rings. The quantitative estimate of drug-likeness (QED) is 0.442. The summed E-state index contributed by atoms with van der Waals surface area (Å²) in [5.74, 6) is 1.35. The lowest BCUT2D eigenvalue weighted by molar-refractivity contribution is 0.0730. The largest absolute Gasteiger partial charge is 0.508 e. The summed E-state index contributed by atoms with van der Waals surface area (Å²) in [4.78, 5) is 15.2. The molecule has 0 spiro atoms. The molecule has 2 aliphatic rings. The van der Waals surface area contributed by atoms with Crippen LogP contribution in [0.5, 0.6) is 23.0 Å². The Morgan fingerprint density at radius 2 is 1.79 bits per heavy atom. The number of fused-ring (bicyclic) bond motifs is 2. The third kappa shape index (κ3) is 3.07. The number of hydrogen-bond donors (Lipinski definition) is 3. The summed E-state index contributed by atoms with van der Waals surface area (Å²) in [6, 6.07) is 18.8. The van der Waals surface area contributed by atoms with Gasteiger partial charge in [-0.2, -0.15) is 5.10 Å². The van der Waals surface area contributed by atoms with Gasteiger partial charge in [-0.3, -0.25) is 9.89 Å². The number of amides is 1. The van der Waals surface area contributed by atoms with Crippen LogP contribution in [0.15, 0.2) is 66.7 Å². The Morgan fingerprint density at radius 1 is 1.00 bits per heavy atom. The Balaban J connectivity index is 1.47. The smallest absolute Gasteiger partial charge is 0.273 e. The number of nitrogens with one attached hydrogen (secondary N) is 1. The van der Waals surface area contributed by atoms with Gasteiger partial charge in [0.2, 0.25) is 6.79 Å². The molecule has 3 aromatic carbocycles. The number of hydrogen-bond acceptors (Lipinski definition) is 6. The second kappa shape index (κ2) is 7.30. The van der Waals surface area contributed by atoms with Gasteiger partial charge in [0, 0.05) is 17.7 Å². The number of ether oxygens (including phenoxy) is 2. The van der Waals surface area contributed by atoms with Gasteiger partial charge in [-0.05, 0) is 47.5 Å². The van der Waals surface area contributed by atoms with Crippen molar-refractivity contribution in [3.63, 3.8) is 0 Å². The molecule has 0 bridgehead atoms. The first-order chi connectivity index (χ1) is 16.1. The molecule has 33 heavy (non-hydrogen) atoms. The molecule has 3 N–H and O–H groups in total. The minimum Gasteiger partial charge on any atom is -0.508 e. The summed E-state index contributed by atoms with van der Waals surface area (Å²) in [7, 11) is 0. The lowest BCUT2D eigenvalue weighted by Gasteiger charge is -2.26. The molecule has 0 aliphatic carbocycles. The molecule has 164 valence electrons. The molecule has 0 saturated carbocycles. The van der Waals surface area contributed by atoms with Gasteiger partial charge in [0.05, 0.1) is 6.04 Å². The Morgan fingerprint density at radius 3 is 2.61 bits per heavy atom. The average Bonchev–Trinajstić information content (AvgIpc) is 3.52. The monoisotopic (exact) mass is 441 g/mol. The van der Waals surface area contributed by atoms with Gasteiger partial charge in [0.25, 0.3) is 5.91 Å². The molecule has 8 nitrogen and oxygen atoms in total. The van der Waals surface area contributed by atoms with Crippen molar-refractivity contribution in [2.75, 3.05) is 6.79 Å². The second-order valence-corrected chi connectivity index (χ2v) is 7.99. The number of rotatable bonds is 4. The highest BCUT2D eigenvalue weighted by Gasteiger charge is 2.42. The number of benzene rings is 3. The van der Waals surface area contributed by atoms with Crippen molar-refractivity contribution >= 4 is 5.91 Å². The highest BCUT2D eigenvalue weighted by molar-refractivity contribution is 6.00. The first kappa shape index (κ1) is 19.2. The Labute approximate surface area is 188 Å². The first-order valence-electron chi connectivity index (χ1n) is 10.4. The van der Waals surface area contributed by atoms with Crippen molar-refractivity contribution in [3.05, 3.63) is 89.1 Å². The molecule has 1 unspecified atom stereocenters. The summed E-state index contributed by atoms with van der Waals surface area (Å²) >= 11 is 0. The molecule has 6 rings (SSSR count). The number of aromatic nitrogens is 2. The number of phenols is 2. The molecular weight excluding hydrogens is 422 g/mol. The van der Waals surface area contributed by atoms with E-state index in [-0.39, 0.29) is 24.2 Å². The standard InChI is InChI=1S/C25H19N3O5/c29-16-8-6-15(7-9-16)24-21-22(17-3-1-2-4-18(17)30)26-27-23(21)25(31)28(24)12-14-5-10-19-20(11-14)33-13-32-19/h1-11,24,29-30H,12-13H2,(H,26,27). The highest BCUT2D eigenvalue weighted by Crippen LogP contribution is 2.45. The molecule has 1 atom stereocenters. The van der Waals surface area contributed by atoms with Crippen LogP contribution in [0.25, 0.3) is 11.3 Å². The van der Waals surface area contributed by atoms with E-state index in [4.69, 9.17) is 9.47 Å². The normalized spacial score (nSPS) is 16.3. The summed E-state index contributed by atoms with van der Waals surface area (Å²) in [6.07, 6.45) is 0. The van der Waals surface area contributed by atoms with Crippen LogP contribution in [-0.2, 0) is 6.54 Å². The topological polar surface area (TPSA) is 108 Å². The number of phenolic OH excluding ortho intramolecular Hbond substituents is 2. The maximum atomic E-state index is 13.5. The number of para-hydroxylation sites is 1. The Bertz CT molecular complexity index is 1380. The van der Waals surface area contributed by atoms with Crippen molar-refractivity contribution in [1.82, 2.24) is 15.1 Å². The molecular formula is C25H19N3O5. The van der Waals surface area contributed by atoms with Crippen molar-refractivity contribution in [2.45, 2.75) is 12.6 Å². The highest BCUT2D eigenvalue weighted by atomic mass is 16.7. The Hall–Kier alpha value is -4.46. The summed E-state index contributed by atoms with van der Waals surface area (Å²) in [5, 5.41) is 27.5. The summed E-state index contributed by atoms with van der Waals surface area (Å²) < 4.78 is 10.9. The van der Waals surface area contributed by atoms with Gasteiger partial charge in [0.15, 0.2) is 11.5 Å². The van der Waals surface area contributed by atoms with Gasteiger partial charge in [0.1, 0.15) is 22.9 Å². The zero-order valence-electron chi connectivity index (χ0n) is 17.4. The van der Waals surface area contributed by atoms with Crippen LogP contribution in [0, 0.1) is 0 Å². The maximum absolute atomic E-state index is 13.5. The van der Waals surface area contributed by atoms with Crippen molar-refractivity contribution in [1.29, 1.82) is 0 Å². The fourth-order valence-corrected chi connectivity index (χ4v) is 4.48. The van der Waals surface area contributed by atoms with Crippen molar-refractivity contribution in [2.24, 2.45) is 0 Å². The fourth-order valence-electron chi connectivity index (χ4n) is 4.48. The van der Waals surface area contributed by atoms with E-state index in [2.05, 4.69) is 10.2 Å². The van der Waals surface area contributed by atoms with Crippen LogP contribution in [-0.4, -0.2) is 38.0 Å². The Kier molecular flexibility index (Phi) is 4.26. The number of carbonyl (C=O) groups excluding carboxylic acids is 1. The molecule has 0 radical (unpaired) electrons. The van der Waals surface area contributed by atoms with Gasteiger partial charge in [-0.15, -0.1) is 0 Å². The van der Waals surface area contributed by atoms with Crippen molar-refractivity contribution < 1.29 is 24.5 Å². The summed E-state index contributed by atoms with van der Waals surface area (Å²) in [5.41, 5.74) is 3.83. The fraction of sp³-hybridized carbons (Fsp3) is 0.120. The zero-order chi connectivity index (χ0) is 22.5. The molecule has 2 aliphatic heterocycles. The number of aromatic hydroxyl groups is 2. The van der Waals surface area contributed by atoms with E-state index in [1.165, 1.54) is 0 Å². The van der Waals surface area contributed by atoms with Gasteiger partial charge in [-0.25, -0.2) is 0 Å². The molecule has 0 fully saturated rings. The van der Waals surface area contributed by atoms with E-state index < -0.39 is 6.04 Å². The predicted octanol–water partition coefficient (Wildman–Crippen LogP) is 3.96. The molecule has 1 aromatic heterocycles. The second-order valence-electron chi connectivity index (χ2n) is 7.99. The van der Waals surface area contributed by atoms with Crippen LogP contribution >= 0.6 is 0 Å². The maximum Gasteiger partial charge on any atom is 0.273 e. The van der Waals surface area contributed by atoms with E-state index in [1.807, 2.05) is 24.3 Å². The van der Waals surface area contributed by atoms with E-state index in [0.29, 0.717) is 40.6 Å². The van der Waals surface area contributed by atoms with E-state index in [9.17, 15) is 15.0 Å². The number of H-pyrrole nitrogens is 1. The zero-order valence-corrected chi connectivity index (χ0v) is 17.4. The number of aromatic amines is 1. The molecule has 1 amide bonds. The average molecular weight is 441 g/mol. The van der Waals surface area contributed by atoms with Crippen LogP contribution in [0.1, 0.15) is 33.2 Å². The third-order valence-corrected chi connectivity index (χ3v) is 6.02. The lowest BCUT2D eigenvalue weighted by atomic mass is 9.95. The van der Waals surface area contributed by atoms with Gasteiger partial charge >= 0.3 is 0 Å². The third-order valence-electron chi connectivity index (χ3n) is 6.02. The van der Waals surface area contributed by atoms with Crippen LogP contribution in [0.4, 0.5) is 0 Å². The van der Waals surface area contributed by atoms with Gasteiger partial charge < -0.3 is 24.6 Å². The van der Waals surface area contributed by atoms with E-state index in [0.717, 1.165) is 11.1 Å². The van der Waals surface area contributed by atoms with Crippen LogP contribution in [0.3, 0.4) is 0 Å². The van der Waals surface area contributed by atoms with E-state index >= 15 is 0 Å². The first-order valence-corrected chi connectivity index (χ1v) is 10.4. The predicted molar refractivity (Wildman–Crippen MR) is 118 cm³/mol. The van der Waals surface area contributed by atoms with Gasteiger partial charge in [-0.1, -0.05) is 30.3 Å². The van der Waals surface area contributed by atoms with Crippen LogP contribution in [0.2, 0.25) is 0 Å². The van der Waals surface area contributed by atoms with Crippen LogP contribution < -0.4 is 9.47 Å². The molecule has 0 saturated heterocycles. The summed E-state index contributed by atoms with van der Waals surface area (Å²) in [6.45, 7) is 0.501.